The van der Waals surface area contributed by atoms with Gasteiger partial charge in [-0.05, 0) is 40.8 Å². The molecule has 0 aromatic heterocycles. The fourth-order valence-electron chi connectivity index (χ4n) is 2.02. The van der Waals surface area contributed by atoms with Crippen molar-refractivity contribution < 1.29 is 13.6 Å². The van der Waals surface area contributed by atoms with Crippen LogP contribution in [0.5, 0.6) is 0 Å². The maximum atomic E-state index is 13.6. The molecular formula is C13H15BrF2N2O. The Kier molecular flexibility index (Phi) is 4.39. The third-order valence-corrected chi connectivity index (χ3v) is 3.93. The van der Waals surface area contributed by atoms with Crippen molar-refractivity contribution in [1.82, 2.24) is 4.90 Å². The standard InChI is InChI=1S/C13H15BrF2N2O/c1-8-2-4-18(5-3-8)13(19)17-12-7-10(15)9(14)6-11(12)16/h6-8H,2-5H2,1H3,(H,17,19). The predicted octanol–water partition coefficient (Wildman–Crippen LogP) is 3.99. The van der Waals surface area contributed by atoms with Gasteiger partial charge in [-0.15, -0.1) is 0 Å². The van der Waals surface area contributed by atoms with Crippen LogP contribution in [-0.4, -0.2) is 24.0 Å². The van der Waals surface area contributed by atoms with E-state index in [-0.39, 0.29) is 16.2 Å². The molecule has 0 atom stereocenters. The second-order valence-corrected chi connectivity index (χ2v) is 5.70. The van der Waals surface area contributed by atoms with E-state index in [9.17, 15) is 13.6 Å². The van der Waals surface area contributed by atoms with Gasteiger partial charge < -0.3 is 10.2 Å². The highest BCUT2D eigenvalue weighted by Gasteiger charge is 2.21. The van der Waals surface area contributed by atoms with Crippen molar-refractivity contribution in [3.05, 3.63) is 28.2 Å². The Morgan fingerprint density at radius 2 is 1.95 bits per heavy atom. The normalized spacial score (nSPS) is 16.5. The Hall–Kier alpha value is -1.17. The Morgan fingerprint density at radius 3 is 2.58 bits per heavy atom. The lowest BCUT2D eigenvalue weighted by Crippen LogP contribution is -2.40. The van der Waals surface area contributed by atoms with Gasteiger partial charge in [-0.25, -0.2) is 13.6 Å². The number of amides is 2. The van der Waals surface area contributed by atoms with Gasteiger partial charge in [0.25, 0.3) is 0 Å². The van der Waals surface area contributed by atoms with Crippen LogP contribution in [0.4, 0.5) is 19.3 Å². The average Bonchev–Trinajstić information content (AvgIpc) is 2.36. The first-order valence-electron chi connectivity index (χ1n) is 6.18. The molecule has 3 nitrogen and oxygen atoms in total. The monoisotopic (exact) mass is 332 g/mol. The third kappa shape index (κ3) is 3.43. The van der Waals surface area contributed by atoms with Crippen LogP contribution in [0.25, 0.3) is 0 Å². The molecule has 0 bridgehead atoms. The highest BCUT2D eigenvalue weighted by Crippen LogP contribution is 2.24. The van der Waals surface area contributed by atoms with Crippen LogP contribution in [-0.2, 0) is 0 Å². The maximum absolute atomic E-state index is 13.6. The topological polar surface area (TPSA) is 32.3 Å². The Balaban J connectivity index is 2.05. The number of nitrogens with zero attached hydrogens (tertiary/aromatic N) is 1. The summed E-state index contributed by atoms with van der Waals surface area (Å²) in [5.41, 5.74) is -0.135. The number of carbonyl (C=O) groups is 1. The Bertz CT molecular complexity index is 488. The molecule has 0 aliphatic carbocycles. The number of rotatable bonds is 1. The molecule has 1 aromatic rings. The van der Waals surface area contributed by atoms with E-state index in [4.69, 9.17) is 0 Å². The Morgan fingerprint density at radius 1 is 1.32 bits per heavy atom. The van der Waals surface area contributed by atoms with Crippen molar-refractivity contribution in [3.8, 4) is 0 Å². The molecular weight excluding hydrogens is 318 g/mol. The van der Waals surface area contributed by atoms with E-state index in [1.807, 2.05) is 0 Å². The number of piperidine rings is 1. The van der Waals surface area contributed by atoms with Crippen molar-refractivity contribution >= 4 is 27.6 Å². The fourth-order valence-corrected chi connectivity index (χ4v) is 2.34. The predicted molar refractivity (Wildman–Crippen MR) is 73.0 cm³/mol. The molecule has 104 valence electrons. The number of benzene rings is 1. The van der Waals surface area contributed by atoms with Gasteiger partial charge >= 0.3 is 6.03 Å². The molecule has 1 heterocycles. The van der Waals surface area contributed by atoms with Gasteiger partial charge in [0.05, 0.1) is 10.2 Å². The van der Waals surface area contributed by atoms with Crippen LogP contribution < -0.4 is 5.32 Å². The first kappa shape index (κ1) is 14.2. The van der Waals surface area contributed by atoms with Crippen molar-refractivity contribution in [2.24, 2.45) is 5.92 Å². The lowest BCUT2D eigenvalue weighted by Gasteiger charge is -2.30. The zero-order valence-electron chi connectivity index (χ0n) is 10.5. The number of likely N-dealkylation sites (tertiary alicyclic amines) is 1. The summed E-state index contributed by atoms with van der Waals surface area (Å²) in [6.07, 6.45) is 1.87. The molecule has 2 rings (SSSR count). The molecule has 1 fully saturated rings. The van der Waals surface area contributed by atoms with Gasteiger partial charge in [0.15, 0.2) is 0 Å². The van der Waals surface area contributed by atoms with Gasteiger partial charge in [-0.1, -0.05) is 6.92 Å². The first-order chi connectivity index (χ1) is 8.97. The zero-order chi connectivity index (χ0) is 14.0. The molecule has 6 heteroatoms. The molecule has 1 aliphatic heterocycles. The molecule has 1 aliphatic rings. The maximum Gasteiger partial charge on any atom is 0.321 e. The minimum atomic E-state index is -0.660. The Labute approximate surface area is 119 Å². The molecule has 1 N–H and O–H groups in total. The zero-order valence-corrected chi connectivity index (χ0v) is 12.1. The lowest BCUT2D eigenvalue weighted by atomic mass is 10.00. The summed E-state index contributed by atoms with van der Waals surface area (Å²) in [7, 11) is 0. The largest absolute Gasteiger partial charge is 0.325 e. The quantitative estimate of drug-likeness (QED) is 0.775. The molecule has 1 aromatic carbocycles. The summed E-state index contributed by atoms with van der Waals surface area (Å²) in [6.45, 7) is 3.43. The van der Waals surface area contributed by atoms with Crippen LogP contribution in [0, 0.1) is 17.6 Å². The molecule has 0 saturated carbocycles. The number of hydrogen-bond donors (Lipinski definition) is 1. The second kappa shape index (κ2) is 5.86. The number of carbonyl (C=O) groups excluding carboxylic acids is 1. The van der Waals surface area contributed by atoms with Crippen LogP contribution in [0.15, 0.2) is 16.6 Å². The number of halogens is 3. The van der Waals surface area contributed by atoms with E-state index < -0.39 is 11.6 Å². The molecule has 1 saturated heterocycles. The summed E-state index contributed by atoms with van der Waals surface area (Å²) in [5.74, 6) is -0.665. The highest BCUT2D eigenvalue weighted by atomic mass is 79.9. The van der Waals surface area contributed by atoms with Crippen molar-refractivity contribution in [2.45, 2.75) is 19.8 Å². The number of hydrogen-bond acceptors (Lipinski definition) is 1. The summed E-state index contributed by atoms with van der Waals surface area (Å²) in [6, 6.07) is 1.60. The average molecular weight is 333 g/mol. The fraction of sp³-hybridized carbons (Fsp3) is 0.462. The van der Waals surface area contributed by atoms with E-state index in [1.54, 1.807) is 4.90 Å². The minimum Gasteiger partial charge on any atom is -0.325 e. The summed E-state index contributed by atoms with van der Waals surface area (Å²) in [5, 5.41) is 2.41. The van der Waals surface area contributed by atoms with Gasteiger partial charge in [-0.3, -0.25) is 0 Å². The van der Waals surface area contributed by atoms with Gasteiger partial charge in [0.1, 0.15) is 11.6 Å². The molecule has 0 radical (unpaired) electrons. The van der Waals surface area contributed by atoms with Crippen molar-refractivity contribution in [2.75, 3.05) is 18.4 Å². The number of anilines is 1. The SMILES string of the molecule is CC1CCN(C(=O)Nc2cc(F)c(Br)cc2F)CC1. The van der Waals surface area contributed by atoms with E-state index in [0.717, 1.165) is 25.0 Å². The second-order valence-electron chi connectivity index (χ2n) is 4.85. The van der Waals surface area contributed by atoms with E-state index in [0.29, 0.717) is 19.0 Å². The summed E-state index contributed by atoms with van der Waals surface area (Å²) < 4.78 is 27.0. The number of nitrogens with one attached hydrogen (secondary N) is 1. The minimum absolute atomic E-state index is 0.0368. The van der Waals surface area contributed by atoms with Crippen LogP contribution in [0.3, 0.4) is 0 Å². The summed E-state index contributed by atoms with van der Waals surface area (Å²) in [4.78, 5) is 13.6. The van der Waals surface area contributed by atoms with Gasteiger partial charge in [0, 0.05) is 19.2 Å². The van der Waals surface area contributed by atoms with Crippen molar-refractivity contribution in [1.29, 1.82) is 0 Å². The summed E-state index contributed by atoms with van der Waals surface area (Å²) >= 11 is 2.89. The van der Waals surface area contributed by atoms with Gasteiger partial charge in [-0.2, -0.15) is 0 Å². The van der Waals surface area contributed by atoms with E-state index in [1.165, 1.54) is 0 Å². The highest BCUT2D eigenvalue weighted by molar-refractivity contribution is 9.10. The van der Waals surface area contributed by atoms with Gasteiger partial charge in [0.2, 0.25) is 0 Å². The van der Waals surface area contributed by atoms with Crippen LogP contribution in [0.2, 0.25) is 0 Å². The molecule has 19 heavy (non-hydrogen) atoms. The van der Waals surface area contributed by atoms with Crippen molar-refractivity contribution in [3.63, 3.8) is 0 Å². The molecule has 0 unspecified atom stereocenters. The van der Waals surface area contributed by atoms with Crippen LogP contribution >= 0.6 is 15.9 Å². The molecule has 2 amide bonds. The van der Waals surface area contributed by atoms with E-state index in [2.05, 4.69) is 28.2 Å². The number of urea groups is 1. The third-order valence-electron chi connectivity index (χ3n) is 3.32. The van der Waals surface area contributed by atoms with Crippen LogP contribution in [0.1, 0.15) is 19.8 Å². The lowest BCUT2D eigenvalue weighted by molar-refractivity contribution is 0.186. The molecule has 0 spiro atoms. The van der Waals surface area contributed by atoms with E-state index >= 15 is 0 Å². The smallest absolute Gasteiger partial charge is 0.321 e. The first-order valence-corrected chi connectivity index (χ1v) is 6.97.